The molecule has 1 amide bonds. The molecule has 0 atom stereocenters. The molecule has 94 valence electrons. The minimum atomic E-state index is -0.0337. The number of nitrogens with one attached hydrogen (secondary N) is 1. The Morgan fingerprint density at radius 2 is 1.94 bits per heavy atom. The predicted octanol–water partition coefficient (Wildman–Crippen LogP) is 2.71. The number of oxazole rings is 1. The van der Waals surface area contributed by atoms with Gasteiger partial charge in [0.25, 0.3) is 0 Å². The SMILES string of the molecule is CC.CC.CCNC(=O)Cc1cnc(C)o1. The van der Waals surface area contributed by atoms with Crippen molar-refractivity contribution in [2.75, 3.05) is 6.54 Å². The molecule has 0 spiro atoms. The second-order valence-corrected chi connectivity index (χ2v) is 2.48. The van der Waals surface area contributed by atoms with Crippen molar-refractivity contribution in [2.45, 2.75) is 48.0 Å². The molecule has 1 aromatic heterocycles. The number of amides is 1. The highest BCUT2D eigenvalue weighted by atomic mass is 16.4. The first-order valence-corrected chi connectivity index (χ1v) is 5.90. The third-order valence-corrected chi connectivity index (χ3v) is 1.38. The van der Waals surface area contributed by atoms with Gasteiger partial charge in [0.15, 0.2) is 5.89 Å². The number of carbonyl (C=O) groups is 1. The number of aryl methyl sites for hydroxylation is 1. The molecule has 1 aromatic rings. The van der Waals surface area contributed by atoms with Crippen molar-refractivity contribution in [3.63, 3.8) is 0 Å². The monoisotopic (exact) mass is 228 g/mol. The molecule has 1 heterocycles. The number of rotatable bonds is 3. The number of hydrogen-bond donors (Lipinski definition) is 1. The van der Waals surface area contributed by atoms with Gasteiger partial charge in [-0.1, -0.05) is 27.7 Å². The summed E-state index contributed by atoms with van der Waals surface area (Å²) in [6.45, 7) is 12.3. The first-order chi connectivity index (χ1) is 7.72. The molecule has 16 heavy (non-hydrogen) atoms. The van der Waals surface area contributed by atoms with Crippen LogP contribution in [0.15, 0.2) is 10.6 Å². The average molecular weight is 228 g/mol. The molecule has 4 heteroatoms. The molecule has 0 bridgehead atoms. The number of aromatic nitrogens is 1. The first-order valence-electron chi connectivity index (χ1n) is 5.90. The van der Waals surface area contributed by atoms with E-state index in [0.717, 1.165) is 0 Å². The average Bonchev–Trinajstić information content (AvgIpc) is 2.70. The Hall–Kier alpha value is -1.32. The van der Waals surface area contributed by atoms with Gasteiger partial charge in [-0.2, -0.15) is 0 Å². The van der Waals surface area contributed by atoms with Crippen LogP contribution in [0.1, 0.15) is 46.3 Å². The maximum atomic E-state index is 11.0. The minimum absolute atomic E-state index is 0.0337. The zero-order chi connectivity index (χ0) is 13.0. The molecule has 0 saturated heterocycles. The summed E-state index contributed by atoms with van der Waals surface area (Å²) in [5.74, 6) is 1.17. The molecule has 0 saturated carbocycles. The van der Waals surface area contributed by atoms with Crippen molar-refractivity contribution in [1.82, 2.24) is 10.3 Å². The molecule has 0 unspecified atom stereocenters. The molecular formula is C12H24N2O2. The van der Waals surface area contributed by atoms with E-state index in [9.17, 15) is 4.79 Å². The van der Waals surface area contributed by atoms with Crippen LogP contribution in [0.3, 0.4) is 0 Å². The van der Waals surface area contributed by atoms with Gasteiger partial charge in [-0.15, -0.1) is 0 Å². The quantitative estimate of drug-likeness (QED) is 0.865. The fourth-order valence-electron chi connectivity index (χ4n) is 0.905. The summed E-state index contributed by atoms with van der Waals surface area (Å²) in [7, 11) is 0. The predicted molar refractivity (Wildman–Crippen MR) is 66.3 cm³/mol. The summed E-state index contributed by atoms with van der Waals surface area (Å²) in [5, 5.41) is 2.68. The largest absolute Gasteiger partial charge is 0.446 e. The van der Waals surface area contributed by atoms with Crippen LogP contribution in [0.2, 0.25) is 0 Å². The third-order valence-electron chi connectivity index (χ3n) is 1.38. The van der Waals surface area contributed by atoms with Crippen molar-refractivity contribution in [3.05, 3.63) is 17.8 Å². The Morgan fingerprint density at radius 3 is 2.31 bits per heavy atom. The van der Waals surface area contributed by atoms with E-state index in [1.54, 1.807) is 13.1 Å². The normalized spacial score (nSPS) is 8.12. The summed E-state index contributed by atoms with van der Waals surface area (Å²) in [6, 6.07) is 0. The van der Waals surface area contributed by atoms with Gasteiger partial charge in [0.1, 0.15) is 5.76 Å². The molecule has 0 aliphatic carbocycles. The minimum Gasteiger partial charge on any atom is -0.446 e. The van der Waals surface area contributed by atoms with E-state index in [4.69, 9.17) is 4.42 Å². The topological polar surface area (TPSA) is 55.1 Å². The Balaban J connectivity index is 0. The van der Waals surface area contributed by atoms with Crippen LogP contribution >= 0.6 is 0 Å². The highest BCUT2D eigenvalue weighted by molar-refractivity contribution is 5.77. The second kappa shape index (κ2) is 11.8. The molecular weight excluding hydrogens is 204 g/mol. The third kappa shape index (κ3) is 8.03. The molecule has 0 aliphatic rings. The summed E-state index contributed by atoms with van der Waals surface area (Å²) >= 11 is 0. The van der Waals surface area contributed by atoms with Crippen molar-refractivity contribution in [2.24, 2.45) is 0 Å². The zero-order valence-corrected chi connectivity index (χ0v) is 11.3. The summed E-state index contributed by atoms with van der Waals surface area (Å²) in [5.41, 5.74) is 0. The zero-order valence-electron chi connectivity index (χ0n) is 11.3. The Bertz CT molecular complexity index is 270. The van der Waals surface area contributed by atoms with Gasteiger partial charge in [-0.3, -0.25) is 4.79 Å². The molecule has 0 fully saturated rings. The highest BCUT2D eigenvalue weighted by Gasteiger charge is 2.05. The van der Waals surface area contributed by atoms with E-state index >= 15 is 0 Å². The van der Waals surface area contributed by atoms with Gasteiger partial charge in [0.2, 0.25) is 5.91 Å². The van der Waals surface area contributed by atoms with Crippen molar-refractivity contribution in [1.29, 1.82) is 0 Å². The van der Waals surface area contributed by atoms with Crippen LogP contribution in [0.5, 0.6) is 0 Å². The van der Waals surface area contributed by atoms with Gasteiger partial charge in [-0.25, -0.2) is 4.98 Å². The van der Waals surface area contributed by atoms with Crippen LogP contribution in [-0.4, -0.2) is 17.4 Å². The lowest BCUT2D eigenvalue weighted by molar-refractivity contribution is -0.120. The number of carbonyl (C=O) groups excluding carboxylic acids is 1. The van der Waals surface area contributed by atoms with Gasteiger partial charge >= 0.3 is 0 Å². The first kappa shape index (κ1) is 17.1. The van der Waals surface area contributed by atoms with E-state index in [1.165, 1.54) is 0 Å². The van der Waals surface area contributed by atoms with E-state index < -0.39 is 0 Å². The number of hydrogen-bond acceptors (Lipinski definition) is 3. The fraction of sp³-hybridized carbons (Fsp3) is 0.667. The van der Waals surface area contributed by atoms with Crippen LogP contribution < -0.4 is 5.32 Å². The summed E-state index contributed by atoms with van der Waals surface area (Å²) in [6.07, 6.45) is 1.85. The molecule has 0 radical (unpaired) electrons. The van der Waals surface area contributed by atoms with Gasteiger partial charge in [0, 0.05) is 13.5 Å². The van der Waals surface area contributed by atoms with Crippen molar-refractivity contribution in [3.8, 4) is 0 Å². The molecule has 1 rings (SSSR count). The lowest BCUT2D eigenvalue weighted by Gasteiger charge is -1.97. The van der Waals surface area contributed by atoms with Crippen LogP contribution in [0.25, 0.3) is 0 Å². The molecule has 0 aliphatic heterocycles. The molecule has 4 nitrogen and oxygen atoms in total. The maximum Gasteiger partial charge on any atom is 0.227 e. The smallest absolute Gasteiger partial charge is 0.227 e. The van der Waals surface area contributed by atoms with Crippen LogP contribution in [0.4, 0.5) is 0 Å². The summed E-state index contributed by atoms with van der Waals surface area (Å²) < 4.78 is 5.13. The Labute approximate surface area is 98.5 Å². The van der Waals surface area contributed by atoms with E-state index in [2.05, 4.69) is 10.3 Å². The standard InChI is InChI=1S/C8H12N2O2.2C2H6/c1-3-9-8(11)4-7-5-10-6(2)12-7;2*1-2/h5H,3-4H2,1-2H3,(H,9,11);2*1-2H3. The van der Waals surface area contributed by atoms with Crippen LogP contribution in [0, 0.1) is 6.92 Å². The summed E-state index contributed by atoms with van der Waals surface area (Å²) in [4.78, 5) is 14.9. The second-order valence-electron chi connectivity index (χ2n) is 2.48. The maximum absolute atomic E-state index is 11.0. The van der Waals surface area contributed by atoms with Crippen LogP contribution in [-0.2, 0) is 11.2 Å². The lowest BCUT2D eigenvalue weighted by atomic mass is 10.3. The van der Waals surface area contributed by atoms with Crippen molar-refractivity contribution >= 4 is 5.91 Å². The lowest BCUT2D eigenvalue weighted by Crippen LogP contribution is -2.24. The number of nitrogens with zero attached hydrogens (tertiary/aromatic N) is 1. The van der Waals surface area contributed by atoms with E-state index in [-0.39, 0.29) is 12.3 Å². The molecule has 1 N–H and O–H groups in total. The van der Waals surface area contributed by atoms with Gasteiger partial charge in [-0.05, 0) is 6.92 Å². The van der Waals surface area contributed by atoms with E-state index in [0.29, 0.717) is 18.2 Å². The molecule has 0 aromatic carbocycles. The van der Waals surface area contributed by atoms with Gasteiger partial charge < -0.3 is 9.73 Å². The Morgan fingerprint density at radius 1 is 1.38 bits per heavy atom. The fourth-order valence-corrected chi connectivity index (χ4v) is 0.905. The highest BCUT2D eigenvalue weighted by Crippen LogP contribution is 2.02. The number of likely N-dealkylation sites (N-methyl/N-ethyl adjacent to an activating group) is 1. The Kier molecular flexibility index (Phi) is 12.6. The van der Waals surface area contributed by atoms with E-state index in [1.807, 2.05) is 34.6 Å². The van der Waals surface area contributed by atoms with Crippen molar-refractivity contribution < 1.29 is 9.21 Å². The van der Waals surface area contributed by atoms with Gasteiger partial charge in [0.05, 0.1) is 12.6 Å².